The lowest BCUT2D eigenvalue weighted by Gasteiger charge is -2.23. The van der Waals surface area contributed by atoms with Crippen molar-refractivity contribution in [3.05, 3.63) is 36.0 Å². The van der Waals surface area contributed by atoms with Gasteiger partial charge in [-0.15, -0.1) is 0 Å². The average molecular weight is 335 g/mol. The van der Waals surface area contributed by atoms with Gasteiger partial charge in [0.05, 0.1) is 11.5 Å². The van der Waals surface area contributed by atoms with E-state index in [9.17, 15) is 13.2 Å². The molecule has 1 atom stereocenters. The summed E-state index contributed by atoms with van der Waals surface area (Å²) in [7, 11) is -1.32. The maximum Gasteiger partial charge on any atom is 0.317 e. The van der Waals surface area contributed by atoms with Crippen molar-refractivity contribution in [3.8, 4) is 0 Å². The minimum Gasteiger partial charge on any atom is -0.361 e. The topological polar surface area (TPSA) is 82.3 Å². The van der Waals surface area contributed by atoms with Crippen LogP contribution in [-0.2, 0) is 16.3 Å². The van der Waals surface area contributed by atoms with Gasteiger partial charge in [0.15, 0.2) is 9.84 Å². The van der Waals surface area contributed by atoms with Gasteiger partial charge in [0, 0.05) is 36.7 Å². The number of aromatic nitrogens is 1. The summed E-state index contributed by atoms with van der Waals surface area (Å²) < 4.78 is 23.0. The SMILES string of the molecule is CN(C(=O)NCCc1c[nH]c2ccccc12)C1CCS(=O)(=O)C1. The number of nitrogens with zero attached hydrogens (tertiary/aromatic N) is 1. The summed E-state index contributed by atoms with van der Waals surface area (Å²) in [5.41, 5.74) is 2.24. The van der Waals surface area contributed by atoms with Crippen molar-refractivity contribution >= 4 is 26.8 Å². The van der Waals surface area contributed by atoms with Crippen LogP contribution in [0, 0.1) is 0 Å². The van der Waals surface area contributed by atoms with Crippen LogP contribution >= 0.6 is 0 Å². The highest BCUT2D eigenvalue weighted by atomic mass is 32.2. The highest BCUT2D eigenvalue weighted by Gasteiger charge is 2.32. The van der Waals surface area contributed by atoms with E-state index in [1.807, 2.05) is 24.4 Å². The van der Waals surface area contributed by atoms with Gasteiger partial charge in [-0.05, 0) is 24.5 Å². The number of H-pyrrole nitrogens is 1. The average Bonchev–Trinajstić information content (AvgIpc) is 3.10. The zero-order chi connectivity index (χ0) is 16.4. The van der Waals surface area contributed by atoms with E-state index in [2.05, 4.69) is 16.4 Å². The summed E-state index contributed by atoms with van der Waals surface area (Å²) in [6.45, 7) is 0.518. The van der Waals surface area contributed by atoms with Crippen LogP contribution in [0.25, 0.3) is 10.9 Å². The molecule has 1 aromatic heterocycles. The van der Waals surface area contributed by atoms with Gasteiger partial charge in [-0.3, -0.25) is 0 Å². The van der Waals surface area contributed by atoms with Gasteiger partial charge >= 0.3 is 6.03 Å². The van der Waals surface area contributed by atoms with Crippen LogP contribution in [-0.4, -0.2) is 55.5 Å². The molecule has 1 aromatic carbocycles. The minimum atomic E-state index is -2.98. The first-order valence-corrected chi connectivity index (χ1v) is 9.54. The zero-order valence-corrected chi connectivity index (χ0v) is 13.9. The van der Waals surface area contributed by atoms with E-state index in [0.717, 1.165) is 22.9 Å². The standard InChI is InChI=1S/C16H21N3O3S/c1-19(13-7-9-23(21,22)11-13)16(20)17-8-6-12-10-18-15-5-3-2-4-14(12)15/h2-5,10,13,18H,6-9,11H2,1H3,(H,17,20). The van der Waals surface area contributed by atoms with Crippen molar-refractivity contribution in [1.29, 1.82) is 0 Å². The van der Waals surface area contributed by atoms with E-state index in [4.69, 9.17) is 0 Å². The Balaban J connectivity index is 1.53. The number of para-hydroxylation sites is 1. The number of sulfone groups is 1. The molecular weight excluding hydrogens is 314 g/mol. The van der Waals surface area contributed by atoms with Crippen molar-refractivity contribution in [2.24, 2.45) is 0 Å². The molecule has 1 unspecified atom stereocenters. The maximum atomic E-state index is 12.1. The number of carbonyl (C=O) groups excluding carboxylic acids is 1. The monoisotopic (exact) mass is 335 g/mol. The lowest BCUT2D eigenvalue weighted by Crippen LogP contribution is -2.44. The lowest BCUT2D eigenvalue weighted by molar-refractivity contribution is 0.195. The van der Waals surface area contributed by atoms with Crippen LogP contribution in [0.1, 0.15) is 12.0 Å². The Labute approximate surface area is 135 Å². The molecule has 3 rings (SSSR count). The van der Waals surface area contributed by atoms with E-state index in [-0.39, 0.29) is 23.6 Å². The maximum absolute atomic E-state index is 12.1. The Morgan fingerprint density at radius 3 is 2.91 bits per heavy atom. The Bertz CT molecular complexity index is 813. The summed E-state index contributed by atoms with van der Waals surface area (Å²) in [5, 5.41) is 4.03. The normalized spacial score (nSPS) is 19.8. The third kappa shape index (κ3) is 3.50. The van der Waals surface area contributed by atoms with Crippen molar-refractivity contribution < 1.29 is 13.2 Å². The fourth-order valence-electron chi connectivity index (χ4n) is 3.01. The number of benzene rings is 1. The first-order valence-electron chi connectivity index (χ1n) is 7.72. The Hall–Kier alpha value is -2.02. The molecule has 1 aliphatic rings. The van der Waals surface area contributed by atoms with Gasteiger partial charge in [-0.2, -0.15) is 0 Å². The summed E-state index contributed by atoms with van der Waals surface area (Å²) in [4.78, 5) is 16.9. The molecule has 124 valence electrons. The number of fused-ring (bicyclic) bond motifs is 1. The van der Waals surface area contributed by atoms with Crippen LogP contribution in [0.15, 0.2) is 30.5 Å². The molecule has 0 bridgehead atoms. The van der Waals surface area contributed by atoms with Crippen LogP contribution in [0.2, 0.25) is 0 Å². The molecule has 2 amide bonds. The van der Waals surface area contributed by atoms with Crippen LogP contribution in [0.3, 0.4) is 0 Å². The summed E-state index contributed by atoms with van der Waals surface area (Å²) in [6.07, 6.45) is 3.21. The largest absolute Gasteiger partial charge is 0.361 e. The highest BCUT2D eigenvalue weighted by molar-refractivity contribution is 7.91. The van der Waals surface area contributed by atoms with Gasteiger partial charge in [0.1, 0.15) is 0 Å². The number of aromatic amines is 1. The lowest BCUT2D eigenvalue weighted by atomic mass is 10.1. The van der Waals surface area contributed by atoms with Crippen molar-refractivity contribution in [2.45, 2.75) is 18.9 Å². The predicted octanol–water partition coefficient (Wildman–Crippen LogP) is 1.54. The molecule has 0 spiro atoms. The number of hydrogen-bond donors (Lipinski definition) is 2. The summed E-state index contributed by atoms with van der Waals surface area (Å²) >= 11 is 0. The predicted molar refractivity (Wildman–Crippen MR) is 90.2 cm³/mol. The second kappa shape index (κ2) is 6.23. The quantitative estimate of drug-likeness (QED) is 0.889. The number of rotatable bonds is 4. The molecule has 2 aromatic rings. The van der Waals surface area contributed by atoms with E-state index >= 15 is 0 Å². The summed E-state index contributed by atoms with van der Waals surface area (Å²) in [6, 6.07) is 7.62. The molecule has 1 aliphatic heterocycles. The second-order valence-corrected chi connectivity index (χ2v) is 8.24. The molecule has 1 saturated heterocycles. The highest BCUT2D eigenvalue weighted by Crippen LogP contribution is 2.18. The van der Waals surface area contributed by atoms with Crippen LogP contribution in [0.5, 0.6) is 0 Å². The third-order valence-electron chi connectivity index (χ3n) is 4.42. The fourth-order valence-corrected chi connectivity index (χ4v) is 4.79. The van der Waals surface area contributed by atoms with E-state index in [1.54, 1.807) is 7.05 Å². The third-order valence-corrected chi connectivity index (χ3v) is 6.17. The van der Waals surface area contributed by atoms with Gasteiger partial charge in [0.2, 0.25) is 0 Å². The van der Waals surface area contributed by atoms with Crippen molar-refractivity contribution in [3.63, 3.8) is 0 Å². The molecule has 6 nitrogen and oxygen atoms in total. The molecule has 2 heterocycles. The number of nitrogens with one attached hydrogen (secondary N) is 2. The molecule has 23 heavy (non-hydrogen) atoms. The molecule has 0 aliphatic carbocycles. The molecule has 7 heteroatoms. The Morgan fingerprint density at radius 2 is 2.17 bits per heavy atom. The van der Waals surface area contributed by atoms with E-state index < -0.39 is 9.84 Å². The zero-order valence-electron chi connectivity index (χ0n) is 13.1. The Kier molecular flexibility index (Phi) is 4.30. The second-order valence-electron chi connectivity index (χ2n) is 6.01. The van der Waals surface area contributed by atoms with Crippen molar-refractivity contribution in [1.82, 2.24) is 15.2 Å². The first-order chi connectivity index (χ1) is 11.0. The van der Waals surface area contributed by atoms with Crippen LogP contribution in [0.4, 0.5) is 4.79 Å². The van der Waals surface area contributed by atoms with Crippen LogP contribution < -0.4 is 5.32 Å². The number of hydrogen-bond acceptors (Lipinski definition) is 3. The Morgan fingerprint density at radius 1 is 1.39 bits per heavy atom. The smallest absolute Gasteiger partial charge is 0.317 e. The molecule has 0 saturated carbocycles. The fraction of sp³-hybridized carbons (Fsp3) is 0.438. The number of amides is 2. The number of urea groups is 1. The van der Waals surface area contributed by atoms with Gasteiger partial charge in [-0.1, -0.05) is 18.2 Å². The van der Waals surface area contributed by atoms with Gasteiger partial charge < -0.3 is 15.2 Å². The molecule has 1 fully saturated rings. The minimum absolute atomic E-state index is 0.0688. The first kappa shape index (κ1) is 15.9. The molecule has 0 radical (unpaired) electrons. The molecular formula is C16H21N3O3S. The van der Waals surface area contributed by atoms with E-state index in [0.29, 0.717) is 13.0 Å². The van der Waals surface area contributed by atoms with Gasteiger partial charge in [0.25, 0.3) is 0 Å². The van der Waals surface area contributed by atoms with Crippen molar-refractivity contribution in [2.75, 3.05) is 25.1 Å². The van der Waals surface area contributed by atoms with E-state index in [1.165, 1.54) is 4.90 Å². The van der Waals surface area contributed by atoms with Gasteiger partial charge in [-0.25, -0.2) is 13.2 Å². The molecule has 2 N–H and O–H groups in total. The summed E-state index contributed by atoms with van der Waals surface area (Å²) in [5.74, 6) is 0.240. The number of carbonyl (C=O) groups is 1.